The number of rotatable bonds is 5. The molecule has 0 unspecified atom stereocenters. The number of aryl methyl sites for hydroxylation is 2. The van der Waals surface area contributed by atoms with Crippen molar-refractivity contribution >= 4 is 28.5 Å². The Bertz CT molecular complexity index is 981. The highest BCUT2D eigenvalue weighted by Crippen LogP contribution is 2.20. The lowest BCUT2D eigenvalue weighted by atomic mass is 10.1. The summed E-state index contributed by atoms with van der Waals surface area (Å²) in [5, 5.41) is 3.47. The minimum absolute atomic E-state index is 0.373. The second-order valence-electron chi connectivity index (χ2n) is 6.42. The van der Waals surface area contributed by atoms with E-state index in [1.807, 2.05) is 55.5 Å². The van der Waals surface area contributed by atoms with Crippen molar-refractivity contribution in [1.29, 1.82) is 0 Å². The Morgan fingerprint density at radius 3 is 2.52 bits per heavy atom. The van der Waals surface area contributed by atoms with Gasteiger partial charge in [0.1, 0.15) is 0 Å². The van der Waals surface area contributed by atoms with Gasteiger partial charge in [0.15, 0.2) is 6.10 Å². The Balaban J connectivity index is 1.72. The lowest BCUT2D eigenvalue weighted by molar-refractivity contribution is -0.123. The molecule has 5 nitrogen and oxygen atoms in total. The predicted molar refractivity (Wildman–Crippen MR) is 106 cm³/mol. The van der Waals surface area contributed by atoms with Crippen LogP contribution < -0.4 is 5.32 Å². The molecule has 5 heteroatoms. The van der Waals surface area contributed by atoms with Crippen molar-refractivity contribution in [1.82, 2.24) is 4.98 Å². The molecule has 0 saturated heterocycles. The molecule has 0 spiro atoms. The summed E-state index contributed by atoms with van der Waals surface area (Å²) >= 11 is 0. The van der Waals surface area contributed by atoms with Crippen LogP contribution in [-0.4, -0.2) is 23.0 Å². The molecule has 0 aliphatic rings. The van der Waals surface area contributed by atoms with Gasteiger partial charge in [-0.2, -0.15) is 0 Å². The average Bonchev–Trinajstić information content (AvgIpc) is 2.67. The zero-order valence-corrected chi connectivity index (χ0v) is 15.7. The summed E-state index contributed by atoms with van der Waals surface area (Å²) in [7, 11) is 0. The lowest BCUT2D eigenvalue weighted by Gasteiger charge is -2.15. The molecule has 138 valence electrons. The van der Waals surface area contributed by atoms with E-state index in [-0.39, 0.29) is 5.91 Å². The largest absolute Gasteiger partial charge is 0.449 e. The summed E-state index contributed by atoms with van der Waals surface area (Å²) in [6, 6.07) is 16.6. The van der Waals surface area contributed by atoms with E-state index in [0.717, 1.165) is 11.9 Å². The molecule has 0 aliphatic carbocycles. The maximum Gasteiger partial charge on any atom is 0.339 e. The number of hydrogen-bond donors (Lipinski definition) is 1. The molecule has 0 bridgehead atoms. The number of pyridine rings is 1. The predicted octanol–water partition coefficient (Wildman–Crippen LogP) is 4.29. The fourth-order valence-electron chi connectivity index (χ4n) is 2.82. The normalized spacial score (nSPS) is 11.8. The Kier molecular flexibility index (Phi) is 5.50. The summed E-state index contributed by atoms with van der Waals surface area (Å²) in [6.45, 7) is 5.45. The van der Waals surface area contributed by atoms with Crippen molar-refractivity contribution in [2.24, 2.45) is 0 Å². The number of anilines is 1. The van der Waals surface area contributed by atoms with Gasteiger partial charge in [0, 0.05) is 16.8 Å². The molecule has 0 saturated carbocycles. The van der Waals surface area contributed by atoms with Crippen LogP contribution >= 0.6 is 0 Å². The van der Waals surface area contributed by atoms with Gasteiger partial charge in [-0.3, -0.25) is 9.78 Å². The molecule has 3 aromatic rings. The number of nitrogens with one attached hydrogen (secondary N) is 1. The number of para-hydroxylation sites is 1. The SMILES string of the molecule is CCc1ccc(NC(=O)[C@H](C)OC(=O)c2cc(C)nc3ccccc23)cc1. The topological polar surface area (TPSA) is 68.3 Å². The molecule has 1 aromatic heterocycles. The molecule has 1 amide bonds. The molecular formula is C22H22N2O3. The number of ether oxygens (including phenoxy) is 1. The summed E-state index contributed by atoms with van der Waals surface area (Å²) in [4.78, 5) is 29.4. The standard InChI is InChI=1S/C22H22N2O3/c1-4-16-9-11-17(12-10-16)24-21(25)15(3)27-22(26)19-13-14(2)23-20-8-6-5-7-18(19)20/h5-13,15H,4H2,1-3H3,(H,24,25)/t15-/m0/s1. The number of carbonyl (C=O) groups is 2. The van der Waals surface area contributed by atoms with Gasteiger partial charge in [-0.1, -0.05) is 37.3 Å². The number of hydrogen-bond acceptors (Lipinski definition) is 4. The molecule has 3 rings (SSSR count). The van der Waals surface area contributed by atoms with Crippen molar-refractivity contribution in [2.75, 3.05) is 5.32 Å². The average molecular weight is 362 g/mol. The monoisotopic (exact) mass is 362 g/mol. The molecule has 1 heterocycles. The van der Waals surface area contributed by atoms with Crippen LogP contribution in [0.4, 0.5) is 5.69 Å². The van der Waals surface area contributed by atoms with Crippen molar-refractivity contribution in [3.63, 3.8) is 0 Å². The van der Waals surface area contributed by atoms with Crippen molar-refractivity contribution < 1.29 is 14.3 Å². The van der Waals surface area contributed by atoms with Crippen molar-refractivity contribution in [3.05, 3.63) is 71.4 Å². The van der Waals surface area contributed by atoms with Crippen LogP contribution in [0.3, 0.4) is 0 Å². The zero-order valence-electron chi connectivity index (χ0n) is 15.7. The van der Waals surface area contributed by atoms with Crippen LogP contribution in [0.15, 0.2) is 54.6 Å². The highest BCUT2D eigenvalue weighted by Gasteiger charge is 2.21. The third-order valence-electron chi connectivity index (χ3n) is 4.35. The van der Waals surface area contributed by atoms with Crippen LogP contribution in [0.1, 0.15) is 35.5 Å². The minimum Gasteiger partial charge on any atom is -0.449 e. The second kappa shape index (κ2) is 7.99. The molecule has 1 atom stereocenters. The first-order chi connectivity index (χ1) is 13.0. The van der Waals surface area contributed by atoms with Gasteiger partial charge < -0.3 is 10.1 Å². The van der Waals surface area contributed by atoms with Gasteiger partial charge in [0.05, 0.1) is 11.1 Å². The Morgan fingerprint density at radius 1 is 1.11 bits per heavy atom. The lowest BCUT2D eigenvalue weighted by Crippen LogP contribution is -2.30. The van der Waals surface area contributed by atoms with E-state index < -0.39 is 12.1 Å². The quantitative estimate of drug-likeness (QED) is 0.688. The number of esters is 1. The number of amides is 1. The minimum atomic E-state index is -0.921. The van der Waals surface area contributed by atoms with E-state index in [1.54, 1.807) is 13.0 Å². The zero-order chi connectivity index (χ0) is 19.4. The second-order valence-corrected chi connectivity index (χ2v) is 6.42. The smallest absolute Gasteiger partial charge is 0.339 e. The van der Waals surface area contributed by atoms with E-state index >= 15 is 0 Å². The van der Waals surface area contributed by atoms with Crippen LogP contribution in [0.2, 0.25) is 0 Å². The third-order valence-corrected chi connectivity index (χ3v) is 4.35. The number of fused-ring (bicyclic) bond motifs is 1. The van der Waals surface area contributed by atoms with E-state index in [9.17, 15) is 9.59 Å². The maximum absolute atomic E-state index is 12.6. The molecule has 27 heavy (non-hydrogen) atoms. The van der Waals surface area contributed by atoms with E-state index in [2.05, 4.69) is 17.2 Å². The number of nitrogens with zero attached hydrogens (tertiary/aromatic N) is 1. The van der Waals surface area contributed by atoms with Crippen LogP contribution in [0.25, 0.3) is 10.9 Å². The third kappa shape index (κ3) is 4.31. The fraction of sp³-hybridized carbons (Fsp3) is 0.227. The molecule has 1 N–H and O–H groups in total. The summed E-state index contributed by atoms with van der Waals surface area (Å²) in [5.74, 6) is -0.914. The van der Waals surface area contributed by atoms with Crippen LogP contribution in [0.5, 0.6) is 0 Å². The number of aromatic nitrogens is 1. The van der Waals surface area contributed by atoms with E-state index in [0.29, 0.717) is 22.3 Å². The Hall–Kier alpha value is -3.21. The summed E-state index contributed by atoms with van der Waals surface area (Å²) < 4.78 is 5.40. The first-order valence-corrected chi connectivity index (χ1v) is 8.95. The molecule has 0 aliphatic heterocycles. The van der Waals surface area contributed by atoms with Gasteiger partial charge in [-0.25, -0.2) is 4.79 Å². The van der Waals surface area contributed by atoms with Crippen LogP contribution in [0, 0.1) is 6.92 Å². The Labute approximate surface area is 158 Å². The van der Waals surface area contributed by atoms with Gasteiger partial charge >= 0.3 is 5.97 Å². The Morgan fingerprint density at radius 2 is 1.81 bits per heavy atom. The van der Waals surface area contributed by atoms with Gasteiger partial charge in [-0.05, 0) is 50.1 Å². The van der Waals surface area contributed by atoms with E-state index in [4.69, 9.17) is 4.74 Å². The van der Waals surface area contributed by atoms with Gasteiger partial charge in [0.2, 0.25) is 0 Å². The number of carbonyl (C=O) groups excluding carboxylic acids is 2. The first kappa shape index (κ1) is 18.6. The number of benzene rings is 2. The van der Waals surface area contributed by atoms with Crippen LogP contribution in [-0.2, 0) is 16.0 Å². The maximum atomic E-state index is 12.6. The molecule has 2 aromatic carbocycles. The molecule has 0 radical (unpaired) electrons. The van der Waals surface area contributed by atoms with Crippen molar-refractivity contribution in [3.8, 4) is 0 Å². The van der Waals surface area contributed by atoms with E-state index in [1.165, 1.54) is 5.56 Å². The fourth-order valence-corrected chi connectivity index (χ4v) is 2.82. The van der Waals surface area contributed by atoms with Gasteiger partial charge in [-0.15, -0.1) is 0 Å². The summed E-state index contributed by atoms with van der Waals surface area (Å²) in [5.41, 5.74) is 3.70. The summed E-state index contributed by atoms with van der Waals surface area (Å²) in [6.07, 6.45) is 0.0113. The highest BCUT2D eigenvalue weighted by molar-refractivity contribution is 6.05. The molecule has 0 fully saturated rings. The van der Waals surface area contributed by atoms with Crippen molar-refractivity contribution in [2.45, 2.75) is 33.3 Å². The first-order valence-electron chi connectivity index (χ1n) is 8.95. The highest BCUT2D eigenvalue weighted by atomic mass is 16.5. The molecular weight excluding hydrogens is 340 g/mol. The van der Waals surface area contributed by atoms with Gasteiger partial charge in [0.25, 0.3) is 5.91 Å².